The third-order valence-corrected chi connectivity index (χ3v) is 15.2. The number of nitrogens with one attached hydrogen (secondary N) is 1. The van der Waals surface area contributed by atoms with Gasteiger partial charge in [-0.15, -0.1) is 0 Å². The van der Waals surface area contributed by atoms with Gasteiger partial charge in [0.2, 0.25) is 5.91 Å². The summed E-state index contributed by atoms with van der Waals surface area (Å²) in [5, 5.41) is 33.6. The van der Waals surface area contributed by atoms with Crippen LogP contribution in [0.1, 0.15) is 367 Å². The van der Waals surface area contributed by atoms with Crippen LogP contribution >= 0.6 is 0 Å². The van der Waals surface area contributed by atoms with Crippen molar-refractivity contribution in [2.24, 2.45) is 0 Å². The van der Waals surface area contributed by atoms with Gasteiger partial charge < -0.3 is 20.6 Å². The molecule has 0 aromatic rings. The van der Waals surface area contributed by atoms with Crippen molar-refractivity contribution in [3.05, 3.63) is 0 Å². The van der Waals surface area contributed by atoms with Gasteiger partial charge in [-0.25, -0.2) is 0 Å². The van der Waals surface area contributed by atoms with Crippen molar-refractivity contribution in [2.75, 3.05) is 6.61 Å². The minimum absolute atomic E-state index is 0.307. The molecule has 4 N–H and O–H groups in total. The summed E-state index contributed by atoms with van der Waals surface area (Å²) in [5.41, 5.74) is 0. The molecule has 3 unspecified atom stereocenters. The lowest BCUT2D eigenvalue weighted by molar-refractivity contribution is -0.131. The smallest absolute Gasteiger partial charge is 0.249 e. The quantitative estimate of drug-likeness (QED) is 0.0457. The van der Waals surface area contributed by atoms with E-state index in [9.17, 15) is 20.1 Å². The third-order valence-electron chi connectivity index (χ3n) is 15.2. The molecule has 0 aromatic heterocycles. The zero-order chi connectivity index (χ0) is 48.6. The summed E-state index contributed by atoms with van der Waals surface area (Å²) < 4.78 is 0. The fraction of sp³-hybridized carbons (Fsp3) is 0.984. The maximum atomic E-state index is 12.6. The van der Waals surface area contributed by atoms with Gasteiger partial charge in [0.15, 0.2) is 0 Å². The van der Waals surface area contributed by atoms with E-state index in [1.165, 1.54) is 308 Å². The van der Waals surface area contributed by atoms with Crippen LogP contribution in [0, 0.1) is 0 Å². The molecule has 1 amide bonds. The first kappa shape index (κ1) is 66.3. The van der Waals surface area contributed by atoms with Gasteiger partial charge >= 0.3 is 0 Å². The largest absolute Gasteiger partial charge is 0.394 e. The monoisotopic (exact) mass is 948 g/mol. The van der Waals surface area contributed by atoms with E-state index < -0.39 is 24.2 Å². The number of carbonyl (C=O) groups is 1. The number of rotatable bonds is 59. The van der Waals surface area contributed by atoms with Crippen LogP contribution in [0.5, 0.6) is 0 Å². The topological polar surface area (TPSA) is 89.8 Å². The molecule has 67 heavy (non-hydrogen) atoms. The van der Waals surface area contributed by atoms with Crippen molar-refractivity contribution in [1.29, 1.82) is 0 Å². The molecule has 0 saturated heterocycles. The predicted octanol–water partition coefficient (Wildman–Crippen LogP) is 19.7. The molecule has 0 heterocycles. The number of hydrogen-bond acceptors (Lipinski definition) is 4. The van der Waals surface area contributed by atoms with E-state index >= 15 is 0 Å². The van der Waals surface area contributed by atoms with Gasteiger partial charge in [-0.2, -0.15) is 0 Å². The Balaban J connectivity index is 3.45. The molecule has 0 fully saturated rings. The molecular weight excluding hydrogens is 823 g/mol. The maximum absolute atomic E-state index is 12.6. The van der Waals surface area contributed by atoms with Crippen molar-refractivity contribution < 1.29 is 20.1 Å². The molecule has 0 rings (SSSR count). The van der Waals surface area contributed by atoms with Gasteiger partial charge in [-0.1, -0.05) is 354 Å². The van der Waals surface area contributed by atoms with Crippen LogP contribution in [0.2, 0.25) is 0 Å². The highest BCUT2D eigenvalue weighted by Gasteiger charge is 2.23. The Labute approximate surface area is 421 Å². The fourth-order valence-electron chi connectivity index (χ4n) is 10.4. The van der Waals surface area contributed by atoms with Gasteiger partial charge in [0, 0.05) is 0 Å². The molecule has 0 bridgehead atoms. The fourth-order valence-corrected chi connectivity index (χ4v) is 10.4. The van der Waals surface area contributed by atoms with Crippen molar-refractivity contribution in [1.82, 2.24) is 5.32 Å². The highest BCUT2D eigenvalue weighted by molar-refractivity contribution is 5.80. The second-order valence-electron chi connectivity index (χ2n) is 22.0. The second-order valence-corrected chi connectivity index (χ2v) is 22.0. The number of aliphatic hydroxyl groups is 3. The Morgan fingerprint density at radius 3 is 0.672 bits per heavy atom. The molecule has 402 valence electrons. The summed E-state index contributed by atoms with van der Waals surface area (Å²) in [6.45, 7) is 4.29. The molecule has 0 aliphatic carbocycles. The second kappa shape index (κ2) is 57.9. The van der Waals surface area contributed by atoms with E-state index in [1.807, 2.05) is 0 Å². The number of carbonyl (C=O) groups excluding carboxylic acids is 1. The van der Waals surface area contributed by atoms with Crippen molar-refractivity contribution in [3.8, 4) is 0 Å². The molecule has 0 spiro atoms. The molecule has 5 heteroatoms. The molecular formula is C62H125NO4. The van der Waals surface area contributed by atoms with E-state index in [4.69, 9.17) is 0 Å². The van der Waals surface area contributed by atoms with Gasteiger partial charge in [0.1, 0.15) is 6.10 Å². The molecule has 5 nitrogen and oxygen atoms in total. The number of amides is 1. The lowest BCUT2D eigenvalue weighted by Gasteiger charge is -2.23. The summed E-state index contributed by atoms with van der Waals surface area (Å²) in [6, 6.07) is -0.708. The minimum Gasteiger partial charge on any atom is -0.394 e. The Bertz CT molecular complexity index is 914. The number of unbranched alkanes of at least 4 members (excludes halogenated alkanes) is 51. The summed E-state index contributed by atoms with van der Waals surface area (Å²) >= 11 is 0. The maximum Gasteiger partial charge on any atom is 0.249 e. The molecule has 0 aliphatic rings. The van der Waals surface area contributed by atoms with Crippen LogP contribution in [0.4, 0.5) is 0 Å². The molecule has 0 aromatic carbocycles. The Morgan fingerprint density at radius 1 is 0.299 bits per heavy atom. The Hall–Kier alpha value is -0.650. The molecule has 0 saturated carbocycles. The van der Waals surface area contributed by atoms with E-state index in [2.05, 4.69) is 19.2 Å². The van der Waals surface area contributed by atoms with E-state index in [0.717, 1.165) is 32.1 Å². The third kappa shape index (κ3) is 53.0. The number of aliphatic hydroxyl groups excluding tert-OH is 3. The highest BCUT2D eigenvalue weighted by atomic mass is 16.3. The Morgan fingerprint density at radius 2 is 0.478 bits per heavy atom. The first-order chi connectivity index (χ1) is 33.1. The molecule has 3 atom stereocenters. The lowest BCUT2D eigenvalue weighted by Crippen LogP contribution is -2.49. The summed E-state index contributed by atoms with van der Waals surface area (Å²) in [5.74, 6) is -0.460. The van der Waals surface area contributed by atoms with Crippen LogP contribution in [-0.2, 0) is 4.79 Å². The van der Waals surface area contributed by atoms with Gasteiger partial charge in [-0.05, 0) is 12.8 Å². The average molecular weight is 949 g/mol. The van der Waals surface area contributed by atoms with Crippen LogP contribution in [0.3, 0.4) is 0 Å². The molecule has 0 aliphatic heterocycles. The first-order valence-corrected chi connectivity index (χ1v) is 31.3. The van der Waals surface area contributed by atoms with E-state index in [1.54, 1.807) is 0 Å². The zero-order valence-electron chi connectivity index (χ0n) is 46.1. The van der Waals surface area contributed by atoms with Crippen LogP contribution in [0.25, 0.3) is 0 Å². The van der Waals surface area contributed by atoms with Crippen molar-refractivity contribution in [2.45, 2.75) is 385 Å². The van der Waals surface area contributed by atoms with Crippen LogP contribution in [0.15, 0.2) is 0 Å². The van der Waals surface area contributed by atoms with Crippen LogP contribution in [-0.4, -0.2) is 46.1 Å². The average Bonchev–Trinajstić information content (AvgIpc) is 3.33. The summed E-state index contributed by atoms with van der Waals surface area (Å²) in [7, 11) is 0. The Kier molecular flexibility index (Phi) is 57.4. The SMILES string of the molecule is CCCCCCCCCCCCCCCCCCCCCCCCCCCCCCCCC(O)C(=O)NC(CO)C(O)CCCCCCCCCCCCCCCCCCCCCCCCC. The predicted molar refractivity (Wildman–Crippen MR) is 296 cm³/mol. The highest BCUT2D eigenvalue weighted by Crippen LogP contribution is 2.19. The van der Waals surface area contributed by atoms with E-state index in [0.29, 0.717) is 12.8 Å². The first-order valence-electron chi connectivity index (χ1n) is 31.3. The van der Waals surface area contributed by atoms with Gasteiger partial charge in [-0.3, -0.25) is 4.79 Å². The van der Waals surface area contributed by atoms with Gasteiger partial charge in [0.25, 0.3) is 0 Å². The van der Waals surface area contributed by atoms with E-state index in [-0.39, 0.29) is 6.61 Å². The normalized spacial score (nSPS) is 13.1. The summed E-state index contributed by atoms with van der Waals surface area (Å²) in [6.07, 6.45) is 71.8. The van der Waals surface area contributed by atoms with Gasteiger partial charge in [0.05, 0.1) is 18.8 Å². The number of hydrogen-bond donors (Lipinski definition) is 4. The van der Waals surface area contributed by atoms with Crippen molar-refractivity contribution >= 4 is 5.91 Å². The van der Waals surface area contributed by atoms with Crippen LogP contribution < -0.4 is 5.32 Å². The standard InChI is InChI=1S/C62H125NO4/c1-3-5-7-9-11-13-15-17-19-21-23-25-27-28-29-30-31-32-33-35-37-39-41-43-45-47-49-51-53-55-57-61(66)62(67)63-59(58-64)60(65)56-54-52-50-48-46-44-42-40-38-36-34-26-24-22-20-18-16-14-12-10-8-6-4-2/h59-61,64-66H,3-58H2,1-2H3,(H,63,67). The molecule has 0 radical (unpaired) electrons. The lowest BCUT2D eigenvalue weighted by atomic mass is 10.0. The zero-order valence-corrected chi connectivity index (χ0v) is 46.1. The minimum atomic E-state index is -1.07. The van der Waals surface area contributed by atoms with Crippen molar-refractivity contribution in [3.63, 3.8) is 0 Å². The summed E-state index contributed by atoms with van der Waals surface area (Å²) in [4.78, 5) is 12.6.